The van der Waals surface area contributed by atoms with Gasteiger partial charge in [0, 0.05) is 21.9 Å². The molecule has 0 spiro atoms. The second-order valence-electron chi connectivity index (χ2n) is 7.83. The van der Waals surface area contributed by atoms with Gasteiger partial charge in [-0.05, 0) is 56.5 Å². The van der Waals surface area contributed by atoms with Crippen LogP contribution in [0.25, 0.3) is 10.8 Å². The van der Waals surface area contributed by atoms with Crippen LogP contribution in [0.4, 0.5) is 10.6 Å². The highest BCUT2D eigenvalue weighted by Gasteiger charge is 2.34. The molecule has 0 aliphatic heterocycles. The maximum absolute atomic E-state index is 12.8. The number of hydrogen-bond acceptors (Lipinski definition) is 4. The van der Waals surface area contributed by atoms with Crippen LogP contribution >= 0.6 is 11.3 Å². The van der Waals surface area contributed by atoms with Gasteiger partial charge in [-0.2, -0.15) is 11.3 Å². The smallest absolute Gasteiger partial charge is 0.408 e. The number of nitrogens with zero attached hydrogens (tertiary/aromatic N) is 2. The molecule has 1 aromatic carbocycles. The third-order valence-electron chi connectivity index (χ3n) is 4.53. The summed E-state index contributed by atoms with van der Waals surface area (Å²) in [6.45, 7) is 6.80. The van der Waals surface area contributed by atoms with Crippen LogP contribution in [0, 0.1) is 11.8 Å². The largest absolute Gasteiger partial charge is 0.465 e. The summed E-state index contributed by atoms with van der Waals surface area (Å²) in [4.78, 5) is 30.1. The van der Waals surface area contributed by atoms with E-state index in [9.17, 15) is 14.7 Å². The second kappa shape index (κ2) is 8.56. The molecule has 154 valence electrons. The number of fused-ring (bicyclic) bond motifs is 1. The minimum atomic E-state index is -1.15. The van der Waals surface area contributed by atoms with Gasteiger partial charge in [0.15, 0.2) is 0 Å². The molecule has 2 aromatic heterocycles. The summed E-state index contributed by atoms with van der Waals surface area (Å²) in [7, 11) is 0. The molecular weight excluding hydrogens is 398 g/mol. The highest BCUT2D eigenvalue weighted by Crippen LogP contribution is 2.22. The number of anilines is 1. The van der Waals surface area contributed by atoms with Gasteiger partial charge in [0.1, 0.15) is 17.6 Å². The molecule has 7 heteroatoms. The number of rotatable bonds is 3. The highest BCUT2D eigenvalue weighted by molar-refractivity contribution is 7.08. The van der Waals surface area contributed by atoms with E-state index < -0.39 is 23.6 Å². The molecule has 2 N–H and O–H groups in total. The Morgan fingerprint density at radius 1 is 1.20 bits per heavy atom. The van der Waals surface area contributed by atoms with Gasteiger partial charge in [-0.25, -0.2) is 9.78 Å². The fourth-order valence-electron chi connectivity index (χ4n) is 3.21. The van der Waals surface area contributed by atoms with E-state index >= 15 is 0 Å². The standard InChI is InChI=1S/C23H23N3O3S/c1-15(26(22(28)29)23(2,3)4)21(27)25-20-13-17-7-5-6-8-18(17)19(24-20)10-9-16-11-12-30-14-16/h5-8,11-15H,1-4H3,(H,28,29)(H,24,25,27). The number of carbonyl (C=O) groups is 2. The van der Waals surface area contributed by atoms with E-state index in [1.165, 1.54) is 0 Å². The number of benzene rings is 1. The summed E-state index contributed by atoms with van der Waals surface area (Å²) in [6, 6.07) is 10.5. The van der Waals surface area contributed by atoms with Gasteiger partial charge < -0.3 is 10.4 Å². The van der Waals surface area contributed by atoms with Gasteiger partial charge in [-0.3, -0.25) is 9.69 Å². The minimum absolute atomic E-state index is 0.333. The molecule has 30 heavy (non-hydrogen) atoms. The Morgan fingerprint density at radius 3 is 2.57 bits per heavy atom. The predicted octanol–water partition coefficient (Wildman–Crippen LogP) is 4.80. The monoisotopic (exact) mass is 421 g/mol. The number of thiophene rings is 1. The van der Waals surface area contributed by atoms with Crippen LogP contribution in [0.5, 0.6) is 0 Å². The van der Waals surface area contributed by atoms with Crippen molar-refractivity contribution in [2.45, 2.75) is 39.3 Å². The van der Waals surface area contributed by atoms with Crippen molar-refractivity contribution in [2.24, 2.45) is 0 Å². The van der Waals surface area contributed by atoms with Crippen molar-refractivity contribution in [2.75, 3.05) is 5.32 Å². The van der Waals surface area contributed by atoms with E-state index in [1.807, 2.05) is 41.1 Å². The summed E-state index contributed by atoms with van der Waals surface area (Å²) >= 11 is 1.57. The molecule has 1 unspecified atom stereocenters. The first-order valence-corrected chi connectivity index (χ1v) is 10.4. The molecule has 0 aliphatic rings. The van der Waals surface area contributed by atoms with Gasteiger partial charge in [-0.1, -0.05) is 30.2 Å². The van der Waals surface area contributed by atoms with Gasteiger partial charge in [0.2, 0.25) is 5.91 Å². The van der Waals surface area contributed by atoms with Crippen molar-refractivity contribution in [1.29, 1.82) is 0 Å². The third kappa shape index (κ3) is 4.78. The number of pyridine rings is 1. The molecule has 0 radical (unpaired) electrons. The summed E-state index contributed by atoms with van der Waals surface area (Å²) in [5.74, 6) is 6.06. The molecule has 3 rings (SSSR count). The van der Waals surface area contributed by atoms with E-state index in [2.05, 4.69) is 22.1 Å². The van der Waals surface area contributed by atoms with Crippen molar-refractivity contribution in [3.8, 4) is 11.8 Å². The summed E-state index contributed by atoms with van der Waals surface area (Å²) in [6.07, 6.45) is -1.15. The molecule has 0 saturated heterocycles. The zero-order valence-electron chi connectivity index (χ0n) is 17.3. The first-order chi connectivity index (χ1) is 14.2. The third-order valence-corrected chi connectivity index (χ3v) is 5.22. The summed E-state index contributed by atoms with van der Waals surface area (Å²) in [5, 5.41) is 18.0. The molecular formula is C23H23N3O3S. The van der Waals surface area contributed by atoms with Gasteiger partial charge >= 0.3 is 6.09 Å². The Bertz CT molecular complexity index is 1140. The number of nitrogens with one attached hydrogen (secondary N) is 1. The highest BCUT2D eigenvalue weighted by atomic mass is 32.1. The Labute approximate surface area is 179 Å². The molecule has 6 nitrogen and oxygen atoms in total. The maximum atomic E-state index is 12.8. The molecule has 0 saturated carbocycles. The van der Waals surface area contributed by atoms with Crippen LogP contribution in [-0.4, -0.2) is 38.6 Å². The number of hydrogen-bond donors (Lipinski definition) is 2. The number of carboxylic acid groups (broad SMARTS) is 1. The van der Waals surface area contributed by atoms with Crippen LogP contribution in [0.2, 0.25) is 0 Å². The van der Waals surface area contributed by atoms with E-state index in [0.717, 1.165) is 21.2 Å². The summed E-state index contributed by atoms with van der Waals surface area (Å²) in [5.41, 5.74) is 0.723. The zero-order chi connectivity index (χ0) is 21.9. The first-order valence-electron chi connectivity index (χ1n) is 9.44. The molecule has 0 fully saturated rings. The fraction of sp³-hybridized carbons (Fsp3) is 0.261. The van der Waals surface area contributed by atoms with Crippen LogP contribution in [-0.2, 0) is 4.79 Å². The molecule has 2 heterocycles. The Morgan fingerprint density at radius 2 is 1.93 bits per heavy atom. The van der Waals surface area contributed by atoms with Crippen LogP contribution in [0.3, 0.4) is 0 Å². The Balaban J connectivity index is 1.94. The maximum Gasteiger partial charge on any atom is 0.408 e. The van der Waals surface area contributed by atoms with Gasteiger partial charge in [-0.15, -0.1) is 0 Å². The quantitative estimate of drug-likeness (QED) is 0.595. The zero-order valence-corrected chi connectivity index (χ0v) is 18.1. The van der Waals surface area contributed by atoms with E-state index in [0.29, 0.717) is 11.5 Å². The topological polar surface area (TPSA) is 82.5 Å². The van der Waals surface area contributed by atoms with Gasteiger partial charge in [0.05, 0.1) is 0 Å². The van der Waals surface area contributed by atoms with E-state index in [-0.39, 0.29) is 0 Å². The van der Waals surface area contributed by atoms with E-state index in [1.54, 1.807) is 45.1 Å². The molecule has 0 bridgehead atoms. The first kappa shape index (κ1) is 21.3. The normalized spacial score (nSPS) is 12.0. The lowest BCUT2D eigenvalue weighted by atomic mass is 10.0. The van der Waals surface area contributed by atoms with Crippen molar-refractivity contribution in [3.05, 3.63) is 58.4 Å². The average Bonchev–Trinajstić information content (AvgIpc) is 3.18. The van der Waals surface area contributed by atoms with Crippen LogP contribution < -0.4 is 5.32 Å². The predicted molar refractivity (Wildman–Crippen MR) is 120 cm³/mol. The fourth-order valence-corrected chi connectivity index (χ4v) is 3.79. The lowest BCUT2D eigenvalue weighted by Crippen LogP contribution is -2.54. The lowest BCUT2D eigenvalue weighted by Gasteiger charge is -2.37. The molecule has 3 aromatic rings. The van der Waals surface area contributed by atoms with Crippen molar-refractivity contribution in [3.63, 3.8) is 0 Å². The van der Waals surface area contributed by atoms with Crippen molar-refractivity contribution < 1.29 is 14.7 Å². The van der Waals surface area contributed by atoms with Gasteiger partial charge in [0.25, 0.3) is 0 Å². The Kier molecular flexibility index (Phi) is 6.09. The SMILES string of the molecule is CC(C(=O)Nc1cc2ccccc2c(C#Cc2ccsc2)n1)N(C(=O)O)C(C)(C)C. The molecule has 2 amide bonds. The average molecular weight is 422 g/mol. The molecule has 1 atom stereocenters. The van der Waals surface area contributed by atoms with E-state index in [4.69, 9.17) is 0 Å². The second-order valence-corrected chi connectivity index (χ2v) is 8.61. The van der Waals surface area contributed by atoms with Crippen LogP contribution in [0.1, 0.15) is 39.0 Å². The number of aromatic nitrogens is 1. The minimum Gasteiger partial charge on any atom is -0.465 e. The summed E-state index contributed by atoms with van der Waals surface area (Å²) < 4.78 is 0. The number of carbonyl (C=O) groups excluding carboxylic acids is 1. The van der Waals surface area contributed by atoms with Crippen molar-refractivity contribution in [1.82, 2.24) is 9.88 Å². The van der Waals surface area contributed by atoms with Crippen LogP contribution in [0.15, 0.2) is 47.2 Å². The Hall–Kier alpha value is -3.37. The van der Waals surface area contributed by atoms with Crippen molar-refractivity contribution >= 4 is 39.9 Å². The lowest BCUT2D eigenvalue weighted by molar-refractivity contribution is -0.121. The number of amides is 2. The molecule has 0 aliphatic carbocycles.